The lowest BCUT2D eigenvalue weighted by atomic mass is 10.2. The predicted molar refractivity (Wildman–Crippen MR) is 51.1 cm³/mol. The van der Waals surface area contributed by atoms with Gasteiger partial charge >= 0.3 is 5.97 Å². The van der Waals surface area contributed by atoms with Gasteiger partial charge in [0.1, 0.15) is 6.42 Å². The van der Waals surface area contributed by atoms with Crippen LogP contribution in [0.5, 0.6) is 0 Å². The van der Waals surface area contributed by atoms with E-state index in [0.717, 1.165) is 5.56 Å². The third kappa shape index (κ3) is 2.19. The van der Waals surface area contributed by atoms with E-state index in [4.69, 9.17) is 9.63 Å². The van der Waals surface area contributed by atoms with E-state index < -0.39 is 5.97 Å². The van der Waals surface area contributed by atoms with E-state index in [1.165, 1.54) is 0 Å². The molecule has 0 unspecified atom stereocenters. The standard InChI is InChI=1S/C10H8N2O3/c13-9(14)6-8-11-10(15-12-8)7-4-2-1-3-5-7/h1-5H,6H2,(H,13,14). The maximum atomic E-state index is 10.4. The lowest BCUT2D eigenvalue weighted by Gasteiger charge is -1.90. The van der Waals surface area contributed by atoms with Gasteiger partial charge in [0.05, 0.1) is 0 Å². The Morgan fingerprint density at radius 1 is 1.33 bits per heavy atom. The molecular formula is C10H8N2O3. The summed E-state index contributed by atoms with van der Waals surface area (Å²) in [6.45, 7) is 0. The minimum atomic E-state index is -0.976. The van der Waals surface area contributed by atoms with Crippen LogP contribution in [0.25, 0.3) is 11.5 Å². The Labute approximate surface area is 85.4 Å². The zero-order valence-electron chi connectivity index (χ0n) is 7.75. The number of hydrogen-bond donors (Lipinski definition) is 1. The Morgan fingerprint density at radius 3 is 2.73 bits per heavy atom. The molecule has 0 amide bonds. The molecule has 1 N–H and O–H groups in total. The van der Waals surface area contributed by atoms with E-state index in [0.29, 0.717) is 5.89 Å². The monoisotopic (exact) mass is 204 g/mol. The second kappa shape index (κ2) is 3.91. The van der Waals surface area contributed by atoms with Crippen molar-refractivity contribution < 1.29 is 14.4 Å². The number of benzene rings is 1. The molecule has 1 heterocycles. The van der Waals surface area contributed by atoms with Crippen LogP contribution in [0.3, 0.4) is 0 Å². The fourth-order valence-electron chi connectivity index (χ4n) is 1.16. The number of rotatable bonds is 3. The van der Waals surface area contributed by atoms with Crippen LogP contribution in [-0.4, -0.2) is 21.2 Å². The molecule has 5 nitrogen and oxygen atoms in total. The van der Waals surface area contributed by atoms with Gasteiger partial charge in [0.15, 0.2) is 5.82 Å². The summed E-state index contributed by atoms with van der Waals surface area (Å²) in [6, 6.07) is 9.20. The summed E-state index contributed by atoms with van der Waals surface area (Å²) in [5, 5.41) is 12.1. The number of carbonyl (C=O) groups is 1. The molecule has 5 heteroatoms. The zero-order chi connectivity index (χ0) is 10.7. The smallest absolute Gasteiger partial charge is 0.311 e. The summed E-state index contributed by atoms with van der Waals surface area (Å²) < 4.78 is 4.93. The molecule has 0 spiro atoms. The molecule has 0 atom stereocenters. The quantitative estimate of drug-likeness (QED) is 0.816. The molecule has 76 valence electrons. The van der Waals surface area contributed by atoms with Crippen molar-refractivity contribution in [2.75, 3.05) is 0 Å². The van der Waals surface area contributed by atoms with E-state index in [1.54, 1.807) is 0 Å². The molecule has 0 aliphatic rings. The SMILES string of the molecule is O=C(O)Cc1noc(-c2ccccc2)n1. The molecular weight excluding hydrogens is 196 g/mol. The third-order valence-electron chi connectivity index (χ3n) is 1.80. The first-order valence-electron chi connectivity index (χ1n) is 4.35. The Balaban J connectivity index is 2.24. The second-order valence-electron chi connectivity index (χ2n) is 2.95. The largest absolute Gasteiger partial charge is 0.481 e. The minimum absolute atomic E-state index is 0.182. The molecule has 0 bridgehead atoms. The Kier molecular flexibility index (Phi) is 2.45. The minimum Gasteiger partial charge on any atom is -0.481 e. The maximum absolute atomic E-state index is 10.4. The molecule has 0 saturated carbocycles. The Hall–Kier alpha value is -2.17. The summed E-state index contributed by atoms with van der Waals surface area (Å²) in [5.74, 6) is -0.455. The Bertz CT molecular complexity index is 465. The summed E-state index contributed by atoms with van der Waals surface area (Å²) in [7, 11) is 0. The van der Waals surface area contributed by atoms with E-state index in [1.807, 2.05) is 30.3 Å². The molecule has 2 rings (SSSR count). The number of carboxylic acid groups (broad SMARTS) is 1. The van der Waals surface area contributed by atoms with Gasteiger partial charge in [-0.25, -0.2) is 0 Å². The molecule has 0 fully saturated rings. The number of aliphatic carboxylic acids is 1. The summed E-state index contributed by atoms with van der Waals surface area (Å²) in [4.78, 5) is 14.4. The van der Waals surface area contributed by atoms with Crippen LogP contribution in [0.1, 0.15) is 5.82 Å². The highest BCUT2D eigenvalue weighted by Gasteiger charge is 2.10. The average molecular weight is 204 g/mol. The lowest BCUT2D eigenvalue weighted by molar-refractivity contribution is -0.136. The number of aromatic nitrogens is 2. The van der Waals surface area contributed by atoms with Gasteiger partial charge < -0.3 is 9.63 Å². The van der Waals surface area contributed by atoms with E-state index in [-0.39, 0.29) is 12.2 Å². The van der Waals surface area contributed by atoms with Crippen molar-refractivity contribution in [3.8, 4) is 11.5 Å². The molecule has 0 saturated heterocycles. The lowest BCUT2D eigenvalue weighted by Crippen LogP contribution is -2.01. The van der Waals surface area contributed by atoms with Crippen LogP contribution in [0.4, 0.5) is 0 Å². The molecule has 1 aromatic carbocycles. The van der Waals surface area contributed by atoms with Gasteiger partial charge in [-0.15, -0.1) is 0 Å². The normalized spacial score (nSPS) is 10.1. The van der Waals surface area contributed by atoms with Gasteiger partial charge in [-0.2, -0.15) is 4.98 Å². The van der Waals surface area contributed by atoms with E-state index >= 15 is 0 Å². The van der Waals surface area contributed by atoms with Crippen LogP contribution >= 0.6 is 0 Å². The van der Waals surface area contributed by atoms with Crippen LogP contribution in [0, 0.1) is 0 Å². The highest BCUT2D eigenvalue weighted by atomic mass is 16.5. The second-order valence-corrected chi connectivity index (χ2v) is 2.95. The summed E-state index contributed by atoms with van der Waals surface area (Å²) in [6.07, 6.45) is -0.226. The zero-order valence-corrected chi connectivity index (χ0v) is 7.75. The topological polar surface area (TPSA) is 76.2 Å². The van der Waals surface area contributed by atoms with Gasteiger partial charge in [-0.1, -0.05) is 23.4 Å². The van der Waals surface area contributed by atoms with Crippen molar-refractivity contribution in [3.05, 3.63) is 36.2 Å². The van der Waals surface area contributed by atoms with Crippen LogP contribution < -0.4 is 0 Å². The van der Waals surface area contributed by atoms with Crippen LogP contribution in [0.2, 0.25) is 0 Å². The van der Waals surface area contributed by atoms with Crippen LogP contribution in [-0.2, 0) is 11.2 Å². The summed E-state index contributed by atoms with van der Waals surface area (Å²) in [5.41, 5.74) is 0.779. The molecule has 15 heavy (non-hydrogen) atoms. The average Bonchev–Trinajstić information content (AvgIpc) is 2.67. The fraction of sp³-hybridized carbons (Fsp3) is 0.100. The molecule has 1 aromatic heterocycles. The van der Waals surface area contributed by atoms with Gasteiger partial charge in [0.25, 0.3) is 5.89 Å². The highest BCUT2D eigenvalue weighted by Crippen LogP contribution is 2.15. The maximum Gasteiger partial charge on any atom is 0.311 e. The van der Waals surface area contributed by atoms with Crippen molar-refractivity contribution in [2.24, 2.45) is 0 Å². The predicted octanol–water partition coefficient (Wildman–Crippen LogP) is 1.36. The van der Waals surface area contributed by atoms with Crippen molar-refractivity contribution in [3.63, 3.8) is 0 Å². The van der Waals surface area contributed by atoms with Crippen molar-refractivity contribution >= 4 is 5.97 Å². The Morgan fingerprint density at radius 2 is 2.07 bits per heavy atom. The first-order valence-corrected chi connectivity index (χ1v) is 4.35. The van der Waals surface area contributed by atoms with E-state index in [9.17, 15) is 4.79 Å². The number of carboxylic acids is 1. The van der Waals surface area contributed by atoms with Gasteiger partial charge in [-0.3, -0.25) is 4.79 Å². The van der Waals surface area contributed by atoms with Gasteiger partial charge in [0.2, 0.25) is 0 Å². The summed E-state index contributed by atoms with van der Waals surface area (Å²) >= 11 is 0. The molecule has 0 aliphatic heterocycles. The highest BCUT2D eigenvalue weighted by molar-refractivity contribution is 5.69. The molecule has 0 aliphatic carbocycles. The number of nitrogens with zero attached hydrogens (tertiary/aromatic N) is 2. The van der Waals surface area contributed by atoms with Gasteiger partial charge in [-0.05, 0) is 12.1 Å². The van der Waals surface area contributed by atoms with Crippen molar-refractivity contribution in [1.82, 2.24) is 10.1 Å². The van der Waals surface area contributed by atoms with Crippen LogP contribution in [0.15, 0.2) is 34.9 Å². The van der Waals surface area contributed by atoms with Crippen molar-refractivity contribution in [2.45, 2.75) is 6.42 Å². The van der Waals surface area contributed by atoms with Gasteiger partial charge in [0, 0.05) is 5.56 Å². The number of hydrogen-bond acceptors (Lipinski definition) is 4. The molecule has 0 radical (unpaired) electrons. The van der Waals surface area contributed by atoms with E-state index in [2.05, 4.69) is 10.1 Å². The van der Waals surface area contributed by atoms with Crippen molar-refractivity contribution in [1.29, 1.82) is 0 Å². The first-order chi connectivity index (χ1) is 7.25. The first kappa shape index (κ1) is 9.39. The third-order valence-corrected chi connectivity index (χ3v) is 1.80. The molecule has 2 aromatic rings. The fourth-order valence-corrected chi connectivity index (χ4v) is 1.16.